The average Bonchev–Trinajstić information content (AvgIpc) is 2.79. The minimum Gasteiger partial charge on any atom is -0.341 e. The Morgan fingerprint density at radius 1 is 0.952 bits per heavy atom. The van der Waals surface area contributed by atoms with Gasteiger partial charge >= 0.3 is 0 Å². The monoisotopic (exact) mass is 288 g/mol. The minimum atomic E-state index is 0.189. The van der Waals surface area contributed by atoms with Gasteiger partial charge in [0.1, 0.15) is 0 Å². The van der Waals surface area contributed by atoms with E-state index in [9.17, 15) is 9.59 Å². The number of amides is 2. The van der Waals surface area contributed by atoms with E-state index in [-0.39, 0.29) is 11.8 Å². The summed E-state index contributed by atoms with van der Waals surface area (Å²) in [5, 5.41) is 0. The summed E-state index contributed by atoms with van der Waals surface area (Å²) in [6.45, 7) is 4.76. The van der Waals surface area contributed by atoms with Gasteiger partial charge in [0.05, 0.1) is 0 Å². The molecule has 4 nitrogen and oxygen atoms in total. The second-order valence-electron chi connectivity index (χ2n) is 5.45. The first-order valence-electron chi connectivity index (χ1n) is 7.80. The van der Waals surface area contributed by atoms with Crippen molar-refractivity contribution in [3.63, 3.8) is 0 Å². The van der Waals surface area contributed by atoms with Crippen molar-refractivity contribution >= 4 is 11.8 Å². The predicted octanol–water partition coefficient (Wildman–Crippen LogP) is 2.09. The molecule has 0 saturated carbocycles. The lowest BCUT2D eigenvalue weighted by Gasteiger charge is -2.22. The van der Waals surface area contributed by atoms with E-state index < -0.39 is 0 Å². The summed E-state index contributed by atoms with van der Waals surface area (Å²) >= 11 is 0. The van der Waals surface area contributed by atoms with Gasteiger partial charge in [-0.05, 0) is 18.4 Å². The van der Waals surface area contributed by atoms with Gasteiger partial charge in [-0.15, -0.1) is 0 Å². The Balaban J connectivity index is 1.81. The Morgan fingerprint density at radius 2 is 1.57 bits per heavy atom. The zero-order chi connectivity index (χ0) is 15.1. The maximum absolute atomic E-state index is 12.3. The van der Waals surface area contributed by atoms with Crippen LogP contribution in [0.15, 0.2) is 30.3 Å². The lowest BCUT2D eigenvalue weighted by atomic mass is 10.1. The molecule has 1 heterocycles. The van der Waals surface area contributed by atoms with Crippen LogP contribution in [0.1, 0.15) is 31.7 Å². The van der Waals surface area contributed by atoms with Crippen LogP contribution < -0.4 is 0 Å². The van der Waals surface area contributed by atoms with Crippen LogP contribution in [-0.2, 0) is 16.0 Å². The smallest absolute Gasteiger partial charge is 0.222 e. The summed E-state index contributed by atoms with van der Waals surface area (Å²) < 4.78 is 0. The van der Waals surface area contributed by atoms with Crippen molar-refractivity contribution in [2.45, 2.75) is 32.6 Å². The highest BCUT2D eigenvalue weighted by atomic mass is 16.2. The largest absolute Gasteiger partial charge is 0.341 e. The molecule has 1 aromatic carbocycles. The first-order chi connectivity index (χ1) is 10.2. The van der Waals surface area contributed by atoms with Crippen LogP contribution in [0.2, 0.25) is 0 Å². The topological polar surface area (TPSA) is 40.6 Å². The van der Waals surface area contributed by atoms with Crippen molar-refractivity contribution < 1.29 is 9.59 Å². The second-order valence-corrected chi connectivity index (χ2v) is 5.45. The number of rotatable bonds is 4. The molecule has 0 aromatic heterocycles. The number of carbonyl (C=O) groups excluding carboxylic acids is 2. The molecule has 0 radical (unpaired) electrons. The number of hydrogen-bond donors (Lipinski definition) is 0. The van der Waals surface area contributed by atoms with Gasteiger partial charge in [-0.25, -0.2) is 0 Å². The molecular formula is C17H24N2O2. The third-order valence-corrected chi connectivity index (χ3v) is 3.97. The summed E-state index contributed by atoms with van der Waals surface area (Å²) in [6.07, 6.45) is 2.75. The molecule has 2 rings (SSSR count). The van der Waals surface area contributed by atoms with Crippen LogP contribution in [-0.4, -0.2) is 47.8 Å². The minimum absolute atomic E-state index is 0.189. The lowest BCUT2D eigenvalue weighted by Crippen LogP contribution is -2.37. The molecule has 0 spiro atoms. The highest BCUT2D eigenvalue weighted by Crippen LogP contribution is 2.09. The number of nitrogens with zero attached hydrogens (tertiary/aromatic N) is 2. The van der Waals surface area contributed by atoms with Gasteiger partial charge in [0.2, 0.25) is 11.8 Å². The number of hydrogen-bond acceptors (Lipinski definition) is 2. The SMILES string of the molecule is CCC(=O)N1CCCN(C(=O)CCc2ccccc2)CC1. The molecule has 0 N–H and O–H groups in total. The molecule has 0 unspecified atom stereocenters. The van der Waals surface area contributed by atoms with E-state index in [0.29, 0.717) is 25.9 Å². The summed E-state index contributed by atoms with van der Waals surface area (Å²) in [4.78, 5) is 27.8. The van der Waals surface area contributed by atoms with Crippen molar-refractivity contribution in [3.05, 3.63) is 35.9 Å². The zero-order valence-corrected chi connectivity index (χ0v) is 12.8. The van der Waals surface area contributed by atoms with Crippen molar-refractivity contribution in [1.29, 1.82) is 0 Å². The fourth-order valence-electron chi connectivity index (χ4n) is 2.69. The molecule has 1 fully saturated rings. The van der Waals surface area contributed by atoms with E-state index in [4.69, 9.17) is 0 Å². The van der Waals surface area contributed by atoms with Gasteiger partial charge in [0.15, 0.2) is 0 Å². The normalized spacial score (nSPS) is 15.7. The van der Waals surface area contributed by atoms with Crippen molar-refractivity contribution in [2.24, 2.45) is 0 Å². The van der Waals surface area contributed by atoms with Crippen molar-refractivity contribution in [3.8, 4) is 0 Å². The standard InChI is InChI=1S/C17H24N2O2/c1-2-16(20)18-11-6-12-19(14-13-18)17(21)10-9-15-7-4-3-5-8-15/h3-5,7-8H,2,6,9-14H2,1H3. The van der Waals surface area contributed by atoms with Crippen LogP contribution in [0.3, 0.4) is 0 Å². The molecule has 21 heavy (non-hydrogen) atoms. The van der Waals surface area contributed by atoms with E-state index in [1.54, 1.807) is 0 Å². The molecule has 114 valence electrons. The summed E-state index contributed by atoms with van der Waals surface area (Å²) in [5.41, 5.74) is 1.20. The molecule has 0 atom stereocenters. The van der Waals surface area contributed by atoms with Crippen LogP contribution in [0.25, 0.3) is 0 Å². The molecule has 1 aliphatic rings. The third kappa shape index (κ3) is 4.59. The van der Waals surface area contributed by atoms with Crippen LogP contribution in [0.4, 0.5) is 0 Å². The first kappa shape index (κ1) is 15.5. The molecule has 1 saturated heterocycles. The Bertz CT molecular complexity index is 473. The molecule has 0 aliphatic carbocycles. The quantitative estimate of drug-likeness (QED) is 0.851. The molecule has 1 aliphatic heterocycles. The maximum Gasteiger partial charge on any atom is 0.222 e. The Hall–Kier alpha value is -1.84. The molecule has 0 bridgehead atoms. The zero-order valence-electron chi connectivity index (χ0n) is 12.8. The summed E-state index contributed by atoms with van der Waals surface area (Å²) in [7, 11) is 0. The fraction of sp³-hybridized carbons (Fsp3) is 0.529. The highest BCUT2D eigenvalue weighted by Gasteiger charge is 2.20. The molecule has 1 aromatic rings. The van der Waals surface area contributed by atoms with Crippen LogP contribution >= 0.6 is 0 Å². The van der Waals surface area contributed by atoms with Gasteiger partial charge in [-0.3, -0.25) is 9.59 Å². The van der Waals surface area contributed by atoms with Gasteiger partial charge in [-0.1, -0.05) is 37.3 Å². The van der Waals surface area contributed by atoms with Gasteiger partial charge < -0.3 is 9.80 Å². The molecular weight excluding hydrogens is 264 g/mol. The van der Waals surface area contributed by atoms with Crippen LogP contribution in [0.5, 0.6) is 0 Å². The summed E-state index contributed by atoms with van der Waals surface area (Å²) in [5.74, 6) is 0.387. The van der Waals surface area contributed by atoms with Crippen molar-refractivity contribution in [1.82, 2.24) is 9.80 Å². The van der Waals surface area contributed by atoms with Gasteiger partial charge in [0.25, 0.3) is 0 Å². The van der Waals surface area contributed by atoms with E-state index in [1.807, 2.05) is 34.9 Å². The molecule has 4 heteroatoms. The number of carbonyl (C=O) groups is 2. The van der Waals surface area contributed by atoms with Crippen LogP contribution in [0, 0.1) is 0 Å². The first-order valence-corrected chi connectivity index (χ1v) is 7.80. The average molecular weight is 288 g/mol. The Kier molecular flexibility index (Phi) is 5.78. The van der Waals surface area contributed by atoms with E-state index in [0.717, 1.165) is 25.9 Å². The fourth-order valence-corrected chi connectivity index (χ4v) is 2.69. The predicted molar refractivity (Wildman–Crippen MR) is 82.8 cm³/mol. The van der Waals surface area contributed by atoms with Gasteiger partial charge in [0, 0.05) is 39.0 Å². The summed E-state index contributed by atoms with van der Waals surface area (Å²) in [6, 6.07) is 10.1. The van der Waals surface area contributed by atoms with E-state index >= 15 is 0 Å². The van der Waals surface area contributed by atoms with Gasteiger partial charge in [-0.2, -0.15) is 0 Å². The van der Waals surface area contributed by atoms with Crippen molar-refractivity contribution in [2.75, 3.05) is 26.2 Å². The van der Waals surface area contributed by atoms with E-state index in [1.165, 1.54) is 5.56 Å². The maximum atomic E-state index is 12.3. The van der Waals surface area contributed by atoms with E-state index in [2.05, 4.69) is 12.1 Å². The molecule has 2 amide bonds. The Morgan fingerprint density at radius 3 is 2.19 bits per heavy atom. The Labute approximate surface area is 126 Å². The number of aryl methyl sites for hydroxylation is 1. The third-order valence-electron chi connectivity index (χ3n) is 3.97. The number of benzene rings is 1. The highest BCUT2D eigenvalue weighted by molar-refractivity contribution is 5.77. The second kappa shape index (κ2) is 7.81. The lowest BCUT2D eigenvalue weighted by molar-refractivity contribution is -0.133.